The number of hydrogen-bond acceptors (Lipinski definition) is 3. The zero-order chi connectivity index (χ0) is 11.4. The molecule has 0 amide bonds. The van der Waals surface area contributed by atoms with E-state index >= 15 is 0 Å². The second kappa shape index (κ2) is 4.70. The second-order valence-electron chi connectivity index (χ2n) is 3.39. The first-order valence-electron chi connectivity index (χ1n) is 4.59. The molecule has 0 fully saturated rings. The maximum Gasteiger partial charge on any atom is 0.320 e. The molecule has 0 aliphatic carbocycles. The molecule has 0 spiro atoms. The summed E-state index contributed by atoms with van der Waals surface area (Å²) in [6.07, 6.45) is -0.166. The van der Waals surface area contributed by atoms with Gasteiger partial charge in [-0.2, -0.15) is 0 Å². The summed E-state index contributed by atoms with van der Waals surface area (Å²) in [5.41, 5.74) is 6.65. The van der Waals surface area contributed by atoms with Crippen molar-refractivity contribution in [2.45, 2.75) is 19.4 Å². The summed E-state index contributed by atoms with van der Waals surface area (Å²) in [5, 5.41) is 8.57. The van der Waals surface area contributed by atoms with Crippen LogP contribution in [-0.4, -0.2) is 22.9 Å². The summed E-state index contributed by atoms with van der Waals surface area (Å²) in [6, 6.07) is 5.92. The number of Topliss-reactive ketones (excluding diaryl/α,β-unsaturated/α-hetero) is 1. The lowest BCUT2D eigenvalue weighted by atomic mass is 10.00. The van der Waals surface area contributed by atoms with Crippen LogP contribution in [0, 0.1) is 6.92 Å². The standard InChI is InChI=1S/C11H13NO3/c1-7-4-2-3-5-8(7)10(13)6-9(12)11(14)15/h2-5,9H,6,12H2,1H3,(H,14,15)/t9-/m0/s1. The maximum atomic E-state index is 11.6. The minimum absolute atomic E-state index is 0.166. The molecular formula is C11H13NO3. The van der Waals surface area contributed by atoms with Gasteiger partial charge in [-0.3, -0.25) is 9.59 Å². The van der Waals surface area contributed by atoms with E-state index in [1.807, 2.05) is 6.07 Å². The third-order valence-electron chi connectivity index (χ3n) is 2.17. The number of rotatable bonds is 4. The van der Waals surface area contributed by atoms with Crippen LogP contribution < -0.4 is 5.73 Å². The fraction of sp³-hybridized carbons (Fsp3) is 0.273. The highest BCUT2D eigenvalue weighted by Crippen LogP contribution is 2.10. The zero-order valence-electron chi connectivity index (χ0n) is 8.43. The number of aryl methyl sites for hydroxylation is 1. The van der Waals surface area contributed by atoms with Crippen LogP contribution in [0.25, 0.3) is 0 Å². The molecule has 0 aliphatic heterocycles. The number of aliphatic carboxylic acids is 1. The van der Waals surface area contributed by atoms with Gasteiger partial charge >= 0.3 is 5.97 Å². The first-order valence-corrected chi connectivity index (χ1v) is 4.59. The topological polar surface area (TPSA) is 80.4 Å². The number of nitrogens with two attached hydrogens (primary N) is 1. The molecule has 1 aromatic rings. The van der Waals surface area contributed by atoms with Crippen molar-refractivity contribution in [3.63, 3.8) is 0 Å². The fourth-order valence-electron chi connectivity index (χ4n) is 1.28. The molecule has 80 valence electrons. The number of carboxylic acid groups (broad SMARTS) is 1. The van der Waals surface area contributed by atoms with E-state index in [9.17, 15) is 9.59 Å². The molecule has 0 saturated carbocycles. The summed E-state index contributed by atoms with van der Waals surface area (Å²) in [4.78, 5) is 22.1. The Morgan fingerprint density at radius 3 is 2.53 bits per heavy atom. The lowest BCUT2D eigenvalue weighted by Crippen LogP contribution is -2.32. The first kappa shape index (κ1) is 11.4. The average molecular weight is 207 g/mol. The number of benzene rings is 1. The van der Waals surface area contributed by atoms with Crippen molar-refractivity contribution < 1.29 is 14.7 Å². The third-order valence-corrected chi connectivity index (χ3v) is 2.17. The summed E-state index contributed by atoms with van der Waals surface area (Å²) in [6.45, 7) is 1.81. The summed E-state index contributed by atoms with van der Waals surface area (Å²) >= 11 is 0. The van der Waals surface area contributed by atoms with Crippen LogP contribution in [0.1, 0.15) is 22.3 Å². The first-order chi connectivity index (χ1) is 7.02. The van der Waals surface area contributed by atoms with Crippen molar-refractivity contribution in [3.05, 3.63) is 35.4 Å². The molecule has 1 aromatic carbocycles. The summed E-state index contributed by atoms with van der Waals surface area (Å²) < 4.78 is 0. The van der Waals surface area contributed by atoms with Crippen molar-refractivity contribution in [3.8, 4) is 0 Å². The van der Waals surface area contributed by atoms with Crippen LogP contribution in [0.2, 0.25) is 0 Å². The molecule has 4 nitrogen and oxygen atoms in total. The maximum absolute atomic E-state index is 11.6. The Hall–Kier alpha value is -1.68. The number of carboxylic acids is 1. The molecule has 15 heavy (non-hydrogen) atoms. The Bertz CT molecular complexity index is 387. The van der Waals surface area contributed by atoms with Crippen LogP contribution in [0.15, 0.2) is 24.3 Å². The van der Waals surface area contributed by atoms with Gasteiger partial charge in [0.2, 0.25) is 0 Å². The van der Waals surface area contributed by atoms with Crippen molar-refractivity contribution in [1.82, 2.24) is 0 Å². The Morgan fingerprint density at radius 1 is 1.40 bits per heavy atom. The average Bonchev–Trinajstić information content (AvgIpc) is 2.18. The van der Waals surface area contributed by atoms with Crippen LogP contribution >= 0.6 is 0 Å². The van der Waals surface area contributed by atoms with E-state index in [1.165, 1.54) is 0 Å². The fourth-order valence-corrected chi connectivity index (χ4v) is 1.28. The van der Waals surface area contributed by atoms with Gasteiger partial charge in [-0.05, 0) is 12.5 Å². The van der Waals surface area contributed by atoms with Gasteiger partial charge in [0.15, 0.2) is 5.78 Å². The van der Waals surface area contributed by atoms with Gasteiger partial charge in [0.1, 0.15) is 6.04 Å². The lowest BCUT2D eigenvalue weighted by molar-refractivity contribution is -0.138. The molecule has 0 saturated heterocycles. The van der Waals surface area contributed by atoms with Gasteiger partial charge < -0.3 is 10.8 Å². The number of carbonyl (C=O) groups is 2. The van der Waals surface area contributed by atoms with Gasteiger partial charge in [0.05, 0.1) is 0 Å². The zero-order valence-corrected chi connectivity index (χ0v) is 8.43. The number of hydrogen-bond donors (Lipinski definition) is 2. The normalized spacial score (nSPS) is 12.1. The van der Waals surface area contributed by atoms with Gasteiger partial charge in [-0.15, -0.1) is 0 Å². The smallest absolute Gasteiger partial charge is 0.320 e. The number of ketones is 1. The molecule has 0 bridgehead atoms. The van der Waals surface area contributed by atoms with Crippen molar-refractivity contribution >= 4 is 11.8 Å². The van der Waals surface area contributed by atoms with E-state index < -0.39 is 12.0 Å². The number of carbonyl (C=O) groups excluding carboxylic acids is 1. The Morgan fingerprint density at radius 2 is 2.00 bits per heavy atom. The van der Waals surface area contributed by atoms with Gasteiger partial charge in [0, 0.05) is 12.0 Å². The summed E-state index contributed by atoms with van der Waals surface area (Å²) in [7, 11) is 0. The van der Waals surface area contributed by atoms with E-state index in [1.54, 1.807) is 25.1 Å². The van der Waals surface area contributed by atoms with Gasteiger partial charge in [-0.1, -0.05) is 24.3 Å². The van der Waals surface area contributed by atoms with Crippen molar-refractivity contribution in [2.75, 3.05) is 0 Å². The SMILES string of the molecule is Cc1ccccc1C(=O)C[C@H](N)C(=O)O. The molecule has 0 aromatic heterocycles. The lowest BCUT2D eigenvalue weighted by Gasteiger charge is -2.07. The molecule has 4 heteroatoms. The highest BCUT2D eigenvalue weighted by atomic mass is 16.4. The molecule has 1 atom stereocenters. The van der Waals surface area contributed by atoms with Gasteiger partial charge in [-0.25, -0.2) is 0 Å². The highest BCUT2D eigenvalue weighted by molar-refractivity contribution is 5.99. The molecule has 0 aliphatic rings. The van der Waals surface area contributed by atoms with Crippen molar-refractivity contribution in [1.29, 1.82) is 0 Å². The molecule has 0 unspecified atom stereocenters. The van der Waals surface area contributed by atoms with E-state index in [4.69, 9.17) is 10.8 Å². The highest BCUT2D eigenvalue weighted by Gasteiger charge is 2.18. The molecular weight excluding hydrogens is 194 g/mol. The second-order valence-corrected chi connectivity index (χ2v) is 3.39. The Kier molecular flexibility index (Phi) is 3.57. The molecule has 1 rings (SSSR count). The Labute approximate surface area is 87.7 Å². The van der Waals surface area contributed by atoms with Crippen LogP contribution in [-0.2, 0) is 4.79 Å². The van der Waals surface area contributed by atoms with E-state index in [0.29, 0.717) is 5.56 Å². The molecule has 0 heterocycles. The third kappa shape index (κ3) is 2.89. The van der Waals surface area contributed by atoms with E-state index in [2.05, 4.69) is 0 Å². The van der Waals surface area contributed by atoms with Crippen LogP contribution in [0.3, 0.4) is 0 Å². The monoisotopic (exact) mass is 207 g/mol. The summed E-state index contributed by atoms with van der Waals surface area (Å²) in [5.74, 6) is -1.39. The molecule has 0 radical (unpaired) electrons. The van der Waals surface area contributed by atoms with Gasteiger partial charge in [0.25, 0.3) is 0 Å². The predicted octanol–water partition coefficient (Wildman–Crippen LogP) is 0.980. The predicted molar refractivity (Wildman–Crippen MR) is 55.7 cm³/mol. The van der Waals surface area contributed by atoms with E-state index in [0.717, 1.165) is 5.56 Å². The molecule has 3 N–H and O–H groups in total. The van der Waals surface area contributed by atoms with Crippen molar-refractivity contribution in [2.24, 2.45) is 5.73 Å². The largest absolute Gasteiger partial charge is 0.480 e. The van der Waals surface area contributed by atoms with E-state index in [-0.39, 0.29) is 12.2 Å². The minimum atomic E-state index is -1.16. The van der Waals surface area contributed by atoms with Crippen LogP contribution in [0.4, 0.5) is 0 Å². The van der Waals surface area contributed by atoms with Crippen LogP contribution in [0.5, 0.6) is 0 Å². The quantitative estimate of drug-likeness (QED) is 0.721. The minimum Gasteiger partial charge on any atom is -0.480 e. The Balaban J connectivity index is 2.78.